The first-order valence-electron chi connectivity index (χ1n) is 8.54. The Kier molecular flexibility index (Phi) is 5.25. The lowest BCUT2D eigenvalue weighted by molar-refractivity contribution is 0.475. The molecule has 7 heteroatoms. The molecule has 5 N–H and O–H groups in total. The largest absolute Gasteiger partial charge is 0.508 e. The van der Waals surface area contributed by atoms with Gasteiger partial charge in [0.05, 0.1) is 17.4 Å². The quantitative estimate of drug-likeness (QED) is 0.529. The maximum atomic E-state index is 9.33. The van der Waals surface area contributed by atoms with Crippen LogP contribution in [0.2, 0.25) is 0 Å². The zero-order valence-corrected chi connectivity index (χ0v) is 14.7. The summed E-state index contributed by atoms with van der Waals surface area (Å²) in [6.45, 7) is 4.33. The van der Waals surface area contributed by atoms with E-state index in [0.717, 1.165) is 11.3 Å². The minimum atomic E-state index is 0.195. The van der Waals surface area contributed by atoms with Crippen LogP contribution in [-0.4, -0.2) is 27.8 Å². The SMILES string of the molecule is C1CCNC1.Cc1c(N)c(C#N)c2ccnn2c1Nc1ccc(O)cc1. The van der Waals surface area contributed by atoms with E-state index < -0.39 is 0 Å². The lowest BCUT2D eigenvalue weighted by atomic mass is 10.1. The summed E-state index contributed by atoms with van der Waals surface area (Å²) >= 11 is 0. The molecular weight excluding hydrogens is 328 g/mol. The van der Waals surface area contributed by atoms with Crippen LogP contribution in [0.5, 0.6) is 5.75 Å². The summed E-state index contributed by atoms with van der Waals surface area (Å²) in [4.78, 5) is 0. The van der Waals surface area contributed by atoms with E-state index in [9.17, 15) is 10.4 Å². The van der Waals surface area contributed by atoms with Crippen molar-refractivity contribution in [3.05, 3.63) is 47.7 Å². The highest BCUT2D eigenvalue weighted by atomic mass is 16.3. The Morgan fingerprint density at radius 3 is 2.50 bits per heavy atom. The predicted octanol–water partition coefficient (Wildman–Crippen LogP) is 2.92. The lowest BCUT2D eigenvalue weighted by Gasteiger charge is -2.15. The number of benzene rings is 1. The summed E-state index contributed by atoms with van der Waals surface area (Å²) in [7, 11) is 0. The van der Waals surface area contributed by atoms with E-state index >= 15 is 0 Å². The van der Waals surface area contributed by atoms with Crippen LogP contribution in [0.1, 0.15) is 24.0 Å². The standard InChI is InChI=1S/C15H13N5O.C4H9N/c1-9-14(17)12(8-16)13-6-7-18-20(13)15(9)19-10-2-4-11(21)5-3-10;1-2-4-5-3-1/h2-7,19,21H,17H2,1H3;5H,1-4H2. The number of phenolic OH excluding ortho intramolecular Hbond substituents is 1. The molecule has 4 rings (SSSR count). The fraction of sp³-hybridized carbons (Fsp3) is 0.263. The molecule has 0 atom stereocenters. The molecule has 7 nitrogen and oxygen atoms in total. The van der Waals surface area contributed by atoms with Gasteiger partial charge in [0.25, 0.3) is 0 Å². The molecule has 3 aromatic rings. The summed E-state index contributed by atoms with van der Waals surface area (Å²) in [5, 5.41) is 29.3. The van der Waals surface area contributed by atoms with E-state index in [1.807, 2.05) is 6.92 Å². The highest BCUT2D eigenvalue weighted by molar-refractivity contribution is 5.80. The van der Waals surface area contributed by atoms with E-state index in [1.54, 1.807) is 41.0 Å². The Labute approximate surface area is 152 Å². The third-order valence-corrected chi connectivity index (χ3v) is 4.34. The summed E-state index contributed by atoms with van der Waals surface area (Å²) in [6.07, 6.45) is 4.40. The number of nitrogens with one attached hydrogen (secondary N) is 2. The van der Waals surface area contributed by atoms with Crippen molar-refractivity contribution in [1.29, 1.82) is 5.26 Å². The van der Waals surface area contributed by atoms with E-state index in [2.05, 4.69) is 21.8 Å². The average Bonchev–Trinajstić information content (AvgIpc) is 3.36. The van der Waals surface area contributed by atoms with E-state index in [-0.39, 0.29) is 5.75 Å². The average molecular weight is 350 g/mol. The third kappa shape index (κ3) is 3.55. The molecule has 0 saturated carbocycles. The van der Waals surface area contributed by atoms with Crippen molar-refractivity contribution in [1.82, 2.24) is 14.9 Å². The second-order valence-electron chi connectivity index (χ2n) is 6.13. The molecule has 1 aromatic carbocycles. The zero-order valence-electron chi connectivity index (χ0n) is 14.7. The van der Waals surface area contributed by atoms with E-state index in [4.69, 9.17) is 5.73 Å². The number of nitrogens with zero attached hydrogens (tertiary/aromatic N) is 3. The number of pyridine rings is 1. The number of hydrogen-bond donors (Lipinski definition) is 4. The molecule has 0 bridgehead atoms. The van der Waals surface area contributed by atoms with Gasteiger partial charge in [0, 0.05) is 11.3 Å². The van der Waals surface area contributed by atoms with Gasteiger partial charge in [-0.05, 0) is 63.2 Å². The van der Waals surface area contributed by atoms with Gasteiger partial charge < -0.3 is 21.5 Å². The number of rotatable bonds is 2. The topological polar surface area (TPSA) is 111 Å². The lowest BCUT2D eigenvalue weighted by Crippen LogP contribution is -2.07. The summed E-state index contributed by atoms with van der Waals surface area (Å²) in [5.41, 5.74) is 9.10. The van der Waals surface area contributed by atoms with Crippen molar-refractivity contribution in [2.45, 2.75) is 19.8 Å². The van der Waals surface area contributed by atoms with Crippen molar-refractivity contribution >= 4 is 22.7 Å². The number of aromatic hydroxyl groups is 1. The summed E-state index contributed by atoms with van der Waals surface area (Å²) in [5.74, 6) is 0.887. The molecule has 0 unspecified atom stereocenters. The minimum absolute atomic E-state index is 0.195. The molecule has 26 heavy (non-hydrogen) atoms. The fourth-order valence-electron chi connectivity index (χ4n) is 2.85. The molecule has 2 aromatic heterocycles. The van der Waals surface area contributed by atoms with Crippen molar-refractivity contribution in [3.63, 3.8) is 0 Å². The first-order valence-corrected chi connectivity index (χ1v) is 8.54. The van der Waals surface area contributed by atoms with Gasteiger partial charge in [0.2, 0.25) is 0 Å². The van der Waals surface area contributed by atoms with Crippen LogP contribution < -0.4 is 16.4 Å². The van der Waals surface area contributed by atoms with Crippen LogP contribution in [-0.2, 0) is 0 Å². The zero-order chi connectivity index (χ0) is 18.5. The smallest absolute Gasteiger partial charge is 0.137 e. The number of nitrogen functional groups attached to an aromatic ring is 1. The Morgan fingerprint density at radius 2 is 1.92 bits per heavy atom. The molecular formula is C19H22N6O. The molecule has 1 fully saturated rings. The molecule has 134 valence electrons. The molecule has 0 radical (unpaired) electrons. The van der Waals surface area contributed by atoms with Gasteiger partial charge >= 0.3 is 0 Å². The maximum Gasteiger partial charge on any atom is 0.137 e. The van der Waals surface area contributed by atoms with Gasteiger partial charge in [-0.3, -0.25) is 0 Å². The monoisotopic (exact) mass is 350 g/mol. The van der Waals surface area contributed by atoms with Gasteiger partial charge in [-0.15, -0.1) is 0 Å². The van der Waals surface area contributed by atoms with Crippen LogP contribution in [0.4, 0.5) is 17.2 Å². The van der Waals surface area contributed by atoms with Crippen LogP contribution in [0, 0.1) is 18.3 Å². The minimum Gasteiger partial charge on any atom is -0.508 e. The number of aromatic nitrogens is 2. The van der Waals surface area contributed by atoms with Gasteiger partial charge in [0.15, 0.2) is 0 Å². The van der Waals surface area contributed by atoms with Crippen molar-refractivity contribution in [3.8, 4) is 11.8 Å². The molecule has 3 heterocycles. The van der Waals surface area contributed by atoms with E-state index in [0.29, 0.717) is 22.6 Å². The first kappa shape index (κ1) is 17.6. The predicted molar refractivity (Wildman–Crippen MR) is 103 cm³/mol. The van der Waals surface area contributed by atoms with Crippen LogP contribution in [0.15, 0.2) is 36.5 Å². The van der Waals surface area contributed by atoms with Gasteiger partial charge in [-0.1, -0.05) is 0 Å². The van der Waals surface area contributed by atoms with Crippen molar-refractivity contribution in [2.24, 2.45) is 0 Å². The number of hydrogen-bond acceptors (Lipinski definition) is 6. The third-order valence-electron chi connectivity index (χ3n) is 4.34. The summed E-state index contributed by atoms with van der Waals surface area (Å²) in [6, 6.07) is 10.5. The highest BCUT2D eigenvalue weighted by Crippen LogP contribution is 2.30. The maximum absolute atomic E-state index is 9.33. The molecule has 0 aliphatic carbocycles. The van der Waals surface area contributed by atoms with E-state index in [1.165, 1.54) is 25.9 Å². The molecule has 0 amide bonds. The number of nitriles is 1. The Hall–Kier alpha value is -3.24. The van der Waals surface area contributed by atoms with Gasteiger partial charge in [-0.2, -0.15) is 10.4 Å². The normalized spacial score (nSPS) is 13.1. The second-order valence-corrected chi connectivity index (χ2v) is 6.13. The molecule has 0 spiro atoms. The van der Waals surface area contributed by atoms with Crippen molar-refractivity contribution in [2.75, 3.05) is 24.1 Å². The number of fused-ring (bicyclic) bond motifs is 1. The Bertz CT molecular complexity index is 928. The van der Waals surface area contributed by atoms with Crippen LogP contribution >= 0.6 is 0 Å². The number of phenols is 1. The highest BCUT2D eigenvalue weighted by Gasteiger charge is 2.15. The Morgan fingerprint density at radius 1 is 1.23 bits per heavy atom. The first-order chi connectivity index (χ1) is 12.6. The van der Waals surface area contributed by atoms with Crippen LogP contribution in [0.3, 0.4) is 0 Å². The van der Waals surface area contributed by atoms with Crippen LogP contribution in [0.25, 0.3) is 5.52 Å². The van der Waals surface area contributed by atoms with Gasteiger partial charge in [-0.25, -0.2) is 4.52 Å². The van der Waals surface area contributed by atoms with Crippen molar-refractivity contribution < 1.29 is 5.11 Å². The summed E-state index contributed by atoms with van der Waals surface area (Å²) < 4.78 is 1.65. The molecule has 1 aliphatic heterocycles. The van der Waals surface area contributed by atoms with Gasteiger partial charge in [0.1, 0.15) is 23.2 Å². The fourth-order valence-corrected chi connectivity index (χ4v) is 2.85. The molecule has 1 saturated heterocycles. The number of anilines is 3. The molecule has 1 aliphatic rings. The Balaban J connectivity index is 0.000000339. The number of nitrogens with two attached hydrogens (primary N) is 1. The second kappa shape index (κ2) is 7.76.